The molecular formula is C26H25N3O3. The van der Waals surface area contributed by atoms with Crippen LogP contribution in [0.5, 0.6) is 5.75 Å². The minimum absolute atomic E-state index is 0.0684. The van der Waals surface area contributed by atoms with Crippen LogP contribution in [-0.4, -0.2) is 27.8 Å². The Hall–Kier alpha value is -3.93. The topological polar surface area (TPSA) is 71.5 Å². The number of aromatic nitrogens is 1. The molecule has 2 aromatic carbocycles. The molecule has 1 aliphatic rings. The second kappa shape index (κ2) is 9.06. The number of carbonyl (C=O) groups excluding carboxylic acids is 2. The van der Waals surface area contributed by atoms with Gasteiger partial charge in [0.2, 0.25) is 0 Å². The van der Waals surface area contributed by atoms with Crippen LogP contribution in [0.4, 0.5) is 5.69 Å². The number of rotatable bonds is 7. The summed E-state index contributed by atoms with van der Waals surface area (Å²) in [5.41, 5.74) is 3.72. The van der Waals surface area contributed by atoms with Crippen molar-refractivity contribution >= 4 is 23.1 Å². The summed E-state index contributed by atoms with van der Waals surface area (Å²) in [6, 6.07) is 20.3. The van der Waals surface area contributed by atoms with Crippen LogP contribution in [0.2, 0.25) is 0 Å². The molecule has 2 amide bonds. The first-order chi connectivity index (χ1) is 15.4. The Morgan fingerprint density at radius 2 is 1.66 bits per heavy atom. The number of benzene rings is 2. The van der Waals surface area contributed by atoms with E-state index in [1.807, 2.05) is 75.4 Å². The summed E-state index contributed by atoms with van der Waals surface area (Å²) in [5, 5.41) is 3.17. The monoisotopic (exact) mass is 427 g/mol. The van der Waals surface area contributed by atoms with E-state index in [1.54, 1.807) is 18.3 Å². The molecule has 0 radical (unpaired) electrons. The molecule has 1 N–H and O–H groups in total. The molecule has 3 aromatic rings. The first kappa shape index (κ1) is 21.3. The second-order valence-corrected chi connectivity index (χ2v) is 7.95. The average molecular weight is 428 g/mol. The van der Waals surface area contributed by atoms with Crippen LogP contribution >= 0.6 is 0 Å². The molecule has 0 atom stereocenters. The van der Waals surface area contributed by atoms with E-state index in [2.05, 4.69) is 10.3 Å². The van der Waals surface area contributed by atoms with E-state index < -0.39 is 0 Å². The molecule has 0 spiro atoms. The lowest BCUT2D eigenvalue weighted by Crippen LogP contribution is -2.32. The number of anilines is 1. The van der Waals surface area contributed by atoms with Crippen LogP contribution in [0.25, 0.3) is 5.57 Å². The summed E-state index contributed by atoms with van der Waals surface area (Å²) in [5.74, 6) is 0.0226. The zero-order valence-corrected chi connectivity index (χ0v) is 18.3. The number of pyridine rings is 1. The molecule has 1 aromatic heterocycles. The molecule has 0 aliphatic carbocycles. The number of ether oxygens (including phenoxy) is 1. The lowest BCUT2D eigenvalue weighted by Gasteiger charge is -2.15. The molecule has 162 valence electrons. The minimum atomic E-state index is -0.376. The van der Waals surface area contributed by atoms with Gasteiger partial charge in [0.05, 0.1) is 23.9 Å². The SMILES string of the molecule is Cc1ccc(C2=C(Nc3ccc(OC(C)C)cc3)C(=O)N(Cc3ccccn3)C2=O)cc1. The molecule has 4 rings (SSSR count). The highest BCUT2D eigenvalue weighted by molar-refractivity contribution is 6.36. The molecule has 6 heteroatoms. The summed E-state index contributed by atoms with van der Waals surface area (Å²) in [4.78, 5) is 32.2. The van der Waals surface area contributed by atoms with Gasteiger partial charge >= 0.3 is 0 Å². The molecule has 0 saturated carbocycles. The number of nitrogens with one attached hydrogen (secondary N) is 1. The predicted molar refractivity (Wildman–Crippen MR) is 124 cm³/mol. The van der Waals surface area contributed by atoms with Crippen molar-refractivity contribution in [2.45, 2.75) is 33.4 Å². The largest absolute Gasteiger partial charge is 0.491 e. The summed E-state index contributed by atoms with van der Waals surface area (Å²) in [7, 11) is 0. The van der Waals surface area contributed by atoms with E-state index in [0.29, 0.717) is 22.5 Å². The van der Waals surface area contributed by atoms with Gasteiger partial charge in [-0.3, -0.25) is 19.5 Å². The molecule has 32 heavy (non-hydrogen) atoms. The van der Waals surface area contributed by atoms with Gasteiger partial charge in [0.25, 0.3) is 11.8 Å². The smallest absolute Gasteiger partial charge is 0.278 e. The van der Waals surface area contributed by atoms with E-state index in [-0.39, 0.29) is 30.2 Å². The van der Waals surface area contributed by atoms with Crippen molar-refractivity contribution < 1.29 is 14.3 Å². The summed E-state index contributed by atoms with van der Waals surface area (Å²) in [6.45, 7) is 6.01. The van der Waals surface area contributed by atoms with Crippen LogP contribution < -0.4 is 10.1 Å². The van der Waals surface area contributed by atoms with Gasteiger partial charge in [-0.1, -0.05) is 35.9 Å². The predicted octanol–water partition coefficient (Wildman–Crippen LogP) is 4.57. The number of amides is 2. The molecule has 0 fully saturated rings. The van der Waals surface area contributed by atoms with Gasteiger partial charge < -0.3 is 10.1 Å². The van der Waals surface area contributed by atoms with Gasteiger partial charge in [-0.05, 0) is 62.7 Å². The van der Waals surface area contributed by atoms with Gasteiger partial charge in [-0.2, -0.15) is 0 Å². The van der Waals surface area contributed by atoms with E-state index in [4.69, 9.17) is 4.74 Å². The van der Waals surface area contributed by atoms with Crippen LogP contribution in [0.15, 0.2) is 78.6 Å². The van der Waals surface area contributed by atoms with E-state index in [1.165, 1.54) is 4.90 Å². The summed E-state index contributed by atoms with van der Waals surface area (Å²) in [6.07, 6.45) is 1.72. The number of nitrogens with zero attached hydrogens (tertiary/aromatic N) is 2. The maximum absolute atomic E-state index is 13.3. The highest BCUT2D eigenvalue weighted by Gasteiger charge is 2.39. The highest BCUT2D eigenvalue weighted by atomic mass is 16.5. The number of hydrogen-bond acceptors (Lipinski definition) is 5. The van der Waals surface area contributed by atoms with Crippen molar-refractivity contribution in [3.8, 4) is 5.75 Å². The van der Waals surface area contributed by atoms with Crippen molar-refractivity contribution in [3.05, 3.63) is 95.4 Å². The third-order valence-electron chi connectivity index (χ3n) is 5.05. The van der Waals surface area contributed by atoms with Crippen molar-refractivity contribution in [3.63, 3.8) is 0 Å². The zero-order chi connectivity index (χ0) is 22.7. The number of aryl methyl sites for hydroxylation is 1. The molecule has 2 heterocycles. The first-order valence-electron chi connectivity index (χ1n) is 10.5. The molecule has 1 aliphatic heterocycles. The van der Waals surface area contributed by atoms with Gasteiger partial charge in [0.1, 0.15) is 11.4 Å². The summed E-state index contributed by atoms with van der Waals surface area (Å²) >= 11 is 0. The second-order valence-electron chi connectivity index (χ2n) is 7.95. The van der Waals surface area contributed by atoms with Gasteiger partial charge in [0.15, 0.2) is 0 Å². The fourth-order valence-corrected chi connectivity index (χ4v) is 3.51. The van der Waals surface area contributed by atoms with Crippen LogP contribution in [0.3, 0.4) is 0 Å². The van der Waals surface area contributed by atoms with Crippen LogP contribution in [0.1, 0.15) is 30.7 Å². The van der Waals surface area contributed by atoms with E-state index in [9.17, 15) is 9.59 Å². The van der Waals surface area contributed by atoms with Crippen LogP contribution in [0, 0.1) is 6.92 Å². The Labute approximate surface area is 187 Å². The summed E-state index contributed by atoms with van der Waals surface area (Å²) < 4.78 is 5.69. The first-order valence-corrected chi connectivity index (χ1v) is 10.5. The number of imide groups is 1. The average Bonchev–Trinajstić information content (AvgIpc) is 3.00. The van der Waals surface area contributed by atoms with Crippen molar-refractivity contribution in [2.24, 2.45) is 0 Å². The minimum Gasteiger partial charge on any atom is -0.491 e. The molecular weight excluding hydrogens is 402 g/mol. The highest BCUT2D eigenvalue weighted by Crippen LogP contribution is 2.32. The quantitative estimate of drug-likeness (QED) is 0.559. The van der Waals surface area contributed by atoms with Gasteiger partial charge in [-0.15, -0.1) is 0 Å². The zero-order valence-electron chi connectivity index (χ0n) is 18.3. The molecule has 0 unspecified atom stereocenters. The van der Waals surface area contributed by atoms with E-state index >= 15 is 0 Å². The van der Waals surface area contributed by atoms with Crippen molar-refractivity contribution in [1.29, 1.82) is 0 Å². The maximum atomic E-state index is 13.3. The molecule has 6 nitrogen and oxygen atoms in total. The fourth-order valence-electron chi connectivity index (χ4n) is 3.51. The standard InChI is InChI=1S/C26H25N3O3/c1-17(2)32-22-13-11-20(12-14-22)28-24-23(19-9-7-18(3)8-10-19)25(30)29(26(24)31)16-21-6-4-5-15-27-21/h4-15,17,28H,16H2,1-3H3. The van der Waals surface area contributed by atoms with Crippen molar-refractivity contribution in [1.82, 2.24) is 9.88 Å². The maximum Gasteiger partial charge on any atom is 0.278 e. The third-order valence-corrected chi connectivity index (χ3v) is 5.05. The number of carbonyl (C=O) groups is 2. The molecule has 0 saturated heterocycles. The van der Waals surface area contributed by atoms with E-state index in [0.717, 1.165) is 11.3 Å². The molecule has 0 bridgehead atoms. The third kappa shape index (κ3) is 4.54. The Kier molecular flexibility index (Phi) is 6.03. The Balaban J connectivity index is 1.68. The van der Waals surface area contributed by atoms with Gasteiger partial charge in [0, 0.05) is 11.9 Å². The number of hydrogen-bond donors (Lipinski definition) is 1. The Bertz CT molecular complexity index is 1150. The normalized spacial score (nSPS) is 13.8. The van der Waals surface area contributed by atoms with Crippen molar-refractivity contribution in [2.75, 3.05) is 5.32 Å². The van der Waals surface area contributed by atoms with Gasteiger partial charge in [-0.25, -0.2) is 0 Å². The Morgan fingerprint density at radius 3 is 2.28 bits per heavy atom. The lowest BCUT2D eigenvalue weighted by atomic mass is 10.0. The fraction of sp³-hybridized carbons (Fsp3) is 0.192. The Morgan fingerprint density at radius 1 is 0.938 bits per heavy atom. The lowest BCUT2D eigenvalue weighted by molar-refractivity contribution is -0.137. The van der Waals surface area contributed by atoms with Crippen LogP contribution in [-0.2, 0) is 16.1 Å².